The van der Waals surface area contributed by atoms with E-state index in [1.54, 1.807) is 30.2 Å². The summed E-state index contributed by atoms with van der Waals surface area (Å²) in [7, 11) is 1.63. The zero-order valence-corrected chi connectivity index (χ0v) is 21.2. The van der Waals surface area contributed by atoms with Crippen LogP contribution in [0.25, 0.3) is 0 Å². The van der Waals surface area contributed by atoms with Gasteiger partial charge in [0.15, 0.2) is 0 Å². The third-order valence-corrected chi connectivity index (χ3v) is 6.56. The minimum Gasteiger partial charge on any atom is -0.497 e. The molecule has 8 heteroatoms. The molecule has 0 aliphatic heterocycles. The molecule has 0 aliphatic carbocycles. The predicted octanol–water partition coefficient (Wildman–Crippen LogP) is 5.57. The Morgan fingerprint density at radius 2 is 1.72 bits per heavy atom. The number of thioether (sulfide) groups is 1. The van der Waals surface area contributed by atoms with Gasteiger partial charge < -0.3 is 15.0 Å². The van der Waals surface area contributed by atoms with Crippen LogP contribution in [0.4, 0.5) is 0 Å². The Bertz CT molecular complexity index is 886. The van der Waals surface area contributed by atoms with Gasteiger partial charge in [0, 0.05) is 33.9 Å². The van der Waals surface area contributed by atoms with Crippen LogP contribution in [0, 0.1) is 0 Å². The average molecular weight is 497 g/mol. The van der Waals surface area contributed by atoms with E-state index in [4.69, 9.17) is 27.9 Å². The highest BCUT2D eigenvalue weighted by molar-refractivity contribution is 7.99. The van der Waals surface area contributed by atoms with Crippen molar-refractivity contribution < 1.29 is 14.3 Å². The van der Waals surface area contributed by atoms with Crippen LogP contribution in [-0.4, -0.2) is 41.7 Å². The number of nitrogens with one attached hydrogen (secondary N) is 1. The van der Waals surface area contributed by atoms with Crippen LogP contribution in [0.3, 0.4) is 0 Å². The Kier molecular flexibility index (Phi) is 10.7. The zero-order valence-electron chi connectivity index (χ0n) is 18.9. The maximum atomic E-state index is 13.3. The number of hydrogen-bond donors (Lipinski definition) is 1. The van der Waals surface area contributed by atoms with E-state index in [9.17, 15) is 9.59 Å². The van der Waals surface area contributed by atoms with Crippen molar-refractivity contribution in [2.24, 2.45) is 0 Å². The van der Waals surface area contributed by atoms with Gasteiger partial charge in [-0.1, -0.05) is 48.3 Å². The lowest BCUT2D eigenvalue weighted by Crippen LogP contribution is -2.51. The van der Waals surface area contributed by atoms with Gasteiger partial charge in [-0.15, -0.1) is 11.8 Å². The van der Waals surface area contributed by atoms with Crippen molar-refractivity contribution in [3.05, 3.63) is 63.6 Å². The molecule has 0 heterocycles. The molecular formula is C24H30Cl2N2O3S. The Balaban J connectivity index is 2.17. The first-order chi connectivity index (χ1) is 15.3. The average Bonchev–Trinajstić information content (AvgIpc) is 2.75. The monoisotopic (exact) mass is 496 g/mol. The van der Waals surface area contributed by atoms with Crippen LogP contribution in [0.2, 0.25) is 10.0 Å². The highest BCUT2D eigenvalue weighted by Crippen LogP contribution is 2.27. The number of hydrogen-bond acceptors (Lipinski definition) is 4. The van der Waals surface area contributed by atoms with Gasteiger partial charge in [-0.25, -0.2) is 0 Å². The molecule has 2 rings (SSSR count). The topological polar surface area (TPSA) is 58.6 Å². The molecule has 1 N–H and O–H groups in total. The second-order valence-corrected chi connectivity index (χ2v) is 9.45. The smallest absolute Gasteiger partial charge is 0.243 e. The van der Waals surface area contributed by atoms with E-state index in [2.05, 4.69) is 5.32 Å². The normalized spacial score (nSPS) is 11.8. The number of carbonyl (C=O) groups is 2. The van der Waals surface area contributed by atoms with Gasteiger partial charge in [0.25, 0.3) is 0 Å². The van der Waals surface area contributed by atoms with Crippen LogP contribution < -0.4 is 10.1 Å². The Morgan fingerprint density at radius 1 is 1.09 bits per heavy atom. The quantitative estimate of drug-likeness (QED) is 0.441. The highest BCUT2D eigenvalue weighted by Gasteiger charge is 2.29. The number of carbonyl (C=O) groups excluding carboxylic acids is 2. The number of ether oxygens (including phenoxy) is 1. The molecule has 1 atom stereocenters. The first-order valence-corrected chi connectivity index (χ1v) is 12.4. The predicted molar refractivity (Wildman–Crippen MR) is 134 cm³/mol. The van der Waals surface area contributed by atoms with E-state index in [1.165, 1.54) is 11.8 Å². The molecule has 2 aromatic rings. The molecule has 0 aliphatic rings. The van der Waals surface area contributed by atoms with Gasteiger partial charge in [0.1, 0.15) is 11.8 Å². The SMILES string of the molecule is CC[C@@H](C(=O)NC(C)C)N(Cc1c(Cl)cccc1Cl)C(=O)CSCc1ccc(OC)cc1. The summed E-state index contributed by atoms with van der Waals surface area (Å²) in [5.74, 6) is 1.38. The van der Waals surface area contributed by atoms with Crippen molar-refractivity contribution in [1.82, 2.24) is 10.2 Å². The van der Waals surface area contributed by atoms with Crippen LogP contribution >= 0.6 is 35.0 Å². The van der Waals surface area contributed by atoms with Gasteiger partial charge in [0.2, 0.25) is 11.8 Å². The van der Waals surface area contributed by atoms with Gasteiger partial charge in [0.05, 0.1) is 12.9 Å². The highest BCUT2D eigenvalue weighted by atomic mass is 35.5. The minimum atomic E-state index is -0.612. The molecule has 0 spiro atoms. The molecular weight excluding hydrogens is 467 g/mol. The van der Waals surface area contributed by atoms with Crippen molar-refractivity contribution in [2.45, 2.75) is 51.6 Å². The molecule has 2 amide bonds. The lowest BCUT2D eigenvalue weighted by atomic mass is 10.1. The van der Waals surface area contributed by atoms with E-state index in [1.807, 2.05) is 45.0 Å². The molecule has 0 saturated heterocycles. The Hall–Kier alpha value is -1.89. The minimum absolute atomic E-state index is 0.0261. The number of amides is 2. The van der Waals surface area contributed by atoms with Crippen LogP contribution in [0.1, 0.15) is 38.3 Å². The first kappa shape index (κ1) is 26.4. The standard InChI is InChI=1S/C24H30Cl2N2O3S/c1-5-22(24(30)27-16(2)3)28(13-19-20(25)7-6-8-21(19)26)23(29)15-32-14-17-9-11-18(31-4)12-10-17/h6-12,16,22H,5,13-15H2,1-4H3,(H,27,30)/t22-/m0/s1. The number of rotatable bonds is 11. The van der Waals surface area contributed by atoms with Crippen LogP contribution in [0.15, 0.2) is 42.5 Å². The van der Waals surface area contributed by atoms with Crippen LogP contribution in [0.5, 0.6) is 5.75 Å². The molecule has 5 nitrogen and oxygen atoms in total. The molecule has 174 valence electrons. The summed E-state index contributed by atoms with van der Waals surface area (Å²) in [5, 5.41) is 3.86. The molecule has 0 unspecified atom stereocenters. The van der Waals surface area contributed by atoms with Gasteiger partial charge in [-0.05, 0) is 50.1 Å². The maximum absolute atomic E-state index is 13.3. The third kappa shape index (κ3) is 7.61. The van der Waals surface area contributed by atoms with Crippen molar-refractivity contribution in [2.75, 3.05) is 12.9 Å². The molecule has 0 radical (unpaired) electrons. The van der Waals surface area contributed by atoms with Crippen molar-refractivity contribution in [3.63, 3.8) is 0 Å². The summed E-state index contributed by atoms with van der Waals surface area (Å²) >= 11 is 14.2. The maximum Gasteiger partial charge on any atom is 0.243 e. The molecule has 32 heavy (non-hydrogen) atoms. The van der Waals surface area contributed by atoms with E-state index >= 15 is 0 Å². The largest absolute Gasteiger partial charge is 0.497 e. The second-order valence-electron chi connectivity index (χ2n) is 7.65. The fraction of sp³-hybridized carbons (Fsp3) is 0.417. The summed E-state index contributed by atoms with van der Waals surface area (Å²) in [6, 6.07) is 12.3. The summed E-state index contributed by atoms with van der Waals surface area (Å²) in [5.41, 5.74) is 1.73. The molecule has 0 fully saturated rings. The van der Waals surface area contributed by atoms with E-state index in [0.717, 1.165) is 11.3 Å². The van der Waals surface area contributed by atoms with Crippen molar-refractivity contribution in [3.8, 4) is 5.75 Å². The summed E-state index contributed by atoms with van der Waals surface area (Å²) in [6.45, 7) is 5.85. The second kappa shape index (κ2) is 13.0. The molecule has 0 bridgehead atoms. The van der Waals surface area contributed by atoms with Gasteiger partial charge in [-0.2, -0.15) is 0 Å². The zero-order chi connectivity index (χ0) is 23.7. The summed E-state index contributed by atoms with van der Waals surface area (Å²) < 4.78 is 5.18. The van der Waals surface area contributed by atoms with Gasteiger partial charge >= 0.3 is 0 Å². The fourth-order valence-corrected chi connectivity index (χ4v) is 4.60. The van der Waals surface area contributed by atoms with E-state index < -0.39 is 6.04 Å². The first-order valence-electron chi connectivity index (χ1n) is 10.5. The number of benzene rings is 2. The fourth-order valence-electron chi connectivity index (χ4n) is 3.21. The van der Waals surface area contributed by atoms with Gasteiger partial charge in [-0.3, -0.25) is 9.59 Å². The number of halogens is 2. The lowest BCUT2D eigenvalue weighted by molar-refractivity contribution is -0.139. The molecule has 0 saturated carbocycles. The molecule has 2 aromatic carbocycles. The summed E-state index contributed by atoms with van der Waals surface area (Å²) in [6.07, 6.45) is 0.482. The Morgan fingerprint density at radius 3 is 2.25 bits per heavy atom. The van der Waals surface area contributed by atoms with E-state index in [0.29, 0.717) is 27.8 Å². The Labute approximate surface area is 204 Å². The number of methoxy groups -OCH3 is 1. The summed E-state index contributed by atoms with van der Waals surface area (Å²) in [4.78, 5) is 27.7. The van der Waals surface area contributed by atoms with Crippen molar-refractivity contribution in [1.29, 1.82) is 0 Å². The lowest BCUT2D eigenvalue weighted by Gasteiger charge is -2.31. The third-order valence-electron chi connectivity index (χ3n) is 4.86. The van der Waals surface area contributed by atoms with E-state index in [-0.39, 0.29) is 30.2 Å². The van der Waals surface area contributed by atoms with Crippen molar-refractivity contribution >= 4 is 46.8 Å². The number of nitrogens with zero attached hydrogens (tertiary/aromatic N) is 1. The molecule has 0 aromatic heterocycles. The van der Waals surface area contributed by atoms with Crippen LogP contribution in [-0.2, 0) is 21.9 Å².